The van der Waals surface area contributed by atoms with Gasteiger partial charge in [-0.3, -0.25) is 4.31 Å². The summed E-state index contributed by atoms with van der Waals surface area (Å²) in [5.74, 6) is 0.650. The lowest BCUT2D eigenvalue weighted by Gasteiger charge is -2.23. The Morgan fingerprint density at radius 3 is 2.36 bits per heavy atom. The third-order valence-electron chi connectivity index (χ3n) is 5.04. The molecule has 4 rings (SSSR count). The molecule has 0 atom stereocenters. The molecule has 0 unspecified atom stereocenters. The van der Waals surface area contributed by atoms with Crippen molar-refractivity contribution in [2.24, 2.45) is 0 Å². The van der Waals surface area contributed by atoms with E-state index in [1.807, 2.05) is 6.07 Å². The molecular formula is C19H22N2O3S. The van der Waals surface area contributed by atoms with Crippen LogP contribution in [0.15, 0.2) is 47.4 Å². The fraction of sp³-hybridized carbons (Fsp3) is 0.368. The van der Waals surface area contributed by atoms with Crippen LogP contribution in [-0.4, -0.2) is 35.2 Å². The minimum Gasteiger partial charge on any atom is -0.497 e. The van der Waals surface area contributed by atoms with Crippen molar-refractivity contribution >= 4 is 21.4 Å². The zero-order chi connectivity index (χ0) is 17.4. The second kappa shape index (κ2) is 6.26. The van der Waals surface area contributed by atoms with E-state index in [9.17, 15) is 8.42 Å². The largest absolute Gasteiger partial charge is 0.497 e. The molecule has 2 aliphatic heterocycles. The molecule has 1 fully saturated rings. The van der Waals surface area contributed by atoms with Crippen LogP contribution in [0.5, 0.6) is 5.75 Å². The van der Waals surface area contributed by atoms with Crippen LogP contribution in [0, 0.1) is 0 Å². The number of ether oxygens (including phenoxy) is 1. The van der Waals surface area contributed by atoms with E-state index in [1.54, 1.807) is 35.7 Å². The molecule has 0 radical (unpaired) electrons. The molecule has 2 aromatic rings. The Morgan fingerprint density at radius 2 is 1.68 bits per heavy atom. The lowest BCUT2D eigenvalue weighted by Crippen LogP contribution is -2.29. The Kier molecular flexibility index (Phi) is 4.07. The van der Waals surface area contributed by atoms with Crippen molar-refractivity contribution in [1.82, 2.24) is 0 Å². The molecule has 2 aromatic carbocycles. The highest BCUT2D eigenvalue weighted by molar-refractivity contribution is 7.92. The molecule has 1 saturated heterocycles. The van der Waals surface area contributed by atoms with Crippen LogP contribution in [0.2, 0.25) is 0 Å². The first-order valence-electron chi connectivity index (χ1n) is 8.64. The number of rotatable bonds is 4. The summed E-state index contributed by atoms with van der Waals surface area (Å²) in [7, 11) is -1.99. The zero-order valence-corrected chi connectivity index (χ0v) is 15.1. The van der Waals surface area contributed by atoms with E-state index in [0.29, 0.717) is 17.2 Å². The minimum atomic E-state index is -3.56. The predicted molar refractivity (Wildman–Crippen MR) is 99.1 cm³/mol. The molecule has 0 spiro atoms. The van der Waals surface area contributed by atoms with Crippen LogP contribution in [0.4, 0.5) is 11.4 Å². The van der Waals surface area contributed by atoms with Gasteiger partial charge in [-0.2, -0.15) is 0 Å². The third-order valence-corrected chi connectivity index (χ3v) is 6.87. The van der Waals surface area contributed by atoms with Crippen LogP contribution >= 0.6 is 0 Å². The predicted octanol–water partition coefficient (Wildman–Crippen LogP) is 3.05. The summed E-state index contributed by atoms with van der Waals surface area (Å²) >= 11 is 0. The van der Waals surface area contributed by atoms with E-state index in [1.165, 1.54) is 12.8 Å². The summed E-state index contributed by atoms with van der Waals surface area (Å²) in [6.07, 6.45) is 3.15. The van der Waals surface area contributed by atoms with Crippen LogP contribution in [-0.2, 0) is 16.4 Å². The Morgan fingerprint density at radius 1 is 0.960 bits per heavy atom. The smallest absolute Gasteiger partial charge is 0.264 e. The highest BCUT2D eigenvalue weighted by atomic mass is 32.2. The molecule has 0 saturated carbocycles. The van der Waals surface area contributed by atoms with Crippen LogP contribution in [0.1, 0.15) is 18.4 Å². The molecule has 5 nitrogen and oxygen atoms in total. The van der Waals surface area contributed by atoms with Crippen molar-refractivity contribution in [3.8, 4) is 5.75 Å². The fourth-order valence-electron chi connectivity index (χ4n) is 3.63. The van der Waals surface area contributed by atoms with E-state index >= 15 is 0 Å². The van der Waals surface area contributed by atoms with Gasteiger partial charge in [-0.1, -0.05) is 6.07 Å². The molecule has 0 bridgehead atoms. The maximum absolute atomic E-state index is 13.1. The number of anilines is 2. The number of benzene rings is 2. The van der Waals surface area contributed by atoms with Gasteiger partial charge in [0.05, 0.1) is 17.7 Å². The maximum atomic E-state index is 13.1. The number of hydrogen-bond donors (Lipinski definition) is 0. The minimum absolute atomic E-state index is 0.299. The van der Waals surface area contributed by atoms with Gasteiger partial charge in [-0.25, -0.2) is 8.42 Å². The Hall–Kier alpha value is -2.21. The third kappa shape index (κ3) is 2.84. The molecule has 6 heteroatoms. The van der Waals surface area contributed by atoms with E-state index < -0.39 is 10.0 Å². The average Bonchev–Trinajstić information content (AvgIpc) is 3.31. The lowest BCUT2D eigenvalue weighted by molar-refractivity contribution is 0.414. The quantitative estimate of drug-likeness (QED) is 0.843. The molecule has 0 N–H and O–H groups in total. The van der Waals surface area contributed by atoms with Crippen molar-refractivity contribution < 1.29 is 13.2 Å². The van der Waals surface area contributed by atoms with Crippen LogP contribution < -0.4 is 13.9 Å². The second-order valence-corrected chi connectivity index (χ2v) is 8.37. The number of sulfonamides is 1. The standard InChI is InChI=1S/C19H22N2O3S/c1-24-17-6-8-18(9-7-17)25(22,23)21-13-10-15-4-5-16(14-19(15)21)20-11-2-3-12-20/h4-9,14H,2-3,10-13H2,1H3. The molecule has 132 valence electrons. The summed E-state index contributed by atoms with van der Waals surface area (Å²) in [6, 6.07) is 12.8. The van der Waals surface area contributed by atoms with Gasteiger partial charge in [0.25, 0.3) is 10.0 Å². The summed E-state index contributed by atoms with van der Waals surface area (Å²) in [5.41, 5.74) is 3.04. The van der Waals surface area contributed by atoms with Crippen molar-refractivity contribution in [3.05, 3.63) is 48.0 Å². The SMILES string of the molecule is COc1ccc(S(=O)(=O)N2CCc3ccc(N4CCCC4)cc32)cc1. The molecule has 2 aliphatic rings. The number of methoxy groups -OCH3 is 1. The number of hydrogen-bond acceptors (Lipinski definition) is 4. The van der Waals surface area contributed by atoms with Crippen molar-refractivity contribution in [2.45, 2.75) is 24.2 Å². The highest BCUT2D eigenvalue weighted by Crippen LogP contribution is 2.36. The molecule has 0 aromatic heterocycles. The maximum Gasteiger partial charge on any atom is 0.264 e. The first kappa shape index (κ1) is 16.3. The van der Waals surface area contributed by atoms with Gasteiger partial charge >= 0.3 is 0 Å². The molecule has 2 heterocycles. The highest BCUT2D eigenvalue weighted by Gasteiger charge is 2.31. The zero-order valence-electron chi connectivity index (χ0n) is 14.3. The molecular weight excluding hydrogens is 336 g/mol. The first-order chi connectivity index (χ1) is 12.1. The summed E-state index contributed by atoms with van der Waals surface area (Å²) in [6.45, 7) is 2.58. The second-order valence-electron chi connectivity index (χ2n) is 6.51. The summed E-state index contributed by atoms with van der Waals surface area (Å²) in [4.78, 5) is 2.63. The van der Waals surface area contributed by atoms with E-state index in [2.05, 4.69) is 17.0 Å². The summed E-state index contributed by atoms with van der Waals surface area (Å²) < 4.78 is 32.9. The lowest BCUT2D eigenvalue weighted by atomic mass is 10.1. The average molecular weight is 358 g/mol. The molecule has 25 heavy (non-hydrogen) atoms. The Balaban J connectivity index is 1.69. The van der Waals surface area contributed by atoms with Gasteiger partial charge in [-0.05, 0) is 61.2 Å². The summed E-state index contributed by atoms with van der Waals surface area (Å²) in [5, 5.41) is 0. The van der Waals surface area contributed by atoms with Gasteiger partial charge < -0.3 is 9.64 Å². The van der Waals surface area contributed by atoms with Crippen molar-refractivity contribution in [3.63, 3.8) is 0 Å². The first-order valence-corrected chi connectivity index (χ1v) is 10.1. The van der Waals surface area contributed by atoms with Crippen molar-refractivity contribution in [1.29, 1.82) is 0 Å². The van der Waals surface area contributed by atoms with Crippen LogP contribution in [0.25, 0.3) is 0 Å². The van der Waals surface area contributed by atoms with Gasteiger partial charge in [0.2, 0.25) is 0 Å². The molecule has 0 aliphatic carbocycles. The monoisotopic (exact) mass is 358 g/mol. The van der Waals surface area contributed by atoms with Crippen molar-refractivity contribution in [2.75, 3.05) is 35.9 Å². The normalized spacial score (nSPS) is 17.0. The van der Waals surface area contributed by atoms with E-state index in [0.717, 1.165) is 36.4 Å². The number of nitrogens with zero attached hydrogens (tertiary/aromatic N) is 2. The van der Waals surface area contributed by atoms with E-state index in [-0.39, 0.29) is 0 Å². The van der Waals surface area contributed by atoms with Crippen LogP contribution in [0.3, 0.4) is 0 Å². The van der Waals surface area contributed by atoms with Gasteiger partial charge in [-0.15, -0.1) is 0 Å². The number of fused-ring (bicyclic) bond motifs is 1. The van der Waals surface area contributed by atoms with Gasteiger partial charge in [0.15, 0.2) is 0 Å². The van der Waals surface area contributed by atoms with Gasteiger partial charge in [0.1, 0.15) is 5.75 Å². The Labute approximate surface area is 148 Å². The molecule has 0 amide bonds. The Bertz CT molecular complexity index is 872. The van der Waals surface area contributed by atoms with Gasteiger partial charge in [0, 0.05) is 25.3 Å². The van der Waals surface area contributed by atoms with E-state index in [4.69, 9.17) is 4.74 Å². The fourth-order valence-corrected chi connectivity index (χ4v) is 5.13. The topological polar surface area (TPSA) is 49.9 Å².